The minimum Gasteiger partial charge on any atom is -0.327 e. The Balaban J connectivity index is 2.27. The van der Waals surface area contributed by atoms with Crippen molar-refractivity contribution < 1.29 is 4.39 Å². The number of imidazole rings is 1. The summed E-state index contributed by atoms with van der Waals surface area (Å²) in [6.07, 6.45) is 0. The highest BCUT2D eigenvalue weighted by Crippen LogP contribution is 2.25. The summed E-state index contributed by atoms with van der Waals surface area (Å²) in [6, 6.07) is 12.3. The number of hydrogen-bond donors (Lipinski definition) is 0. The van der Waals surface area contributed by atoms with E-state index in [0.717, 1.165) is 22.2 Å². The summed E-state index contributed by atoms with van der Waals surface area (Å²) in [6.45, 7) is 1.85. The van der Waals surface area contributed by atoms with Crippen molar-refractivity contribution in [1.82, 2.24) is 9.55 Å². The smallest absolute Gasteiger partial charge is 0.140 e. The number of aryl methyl sites for hydroxylation is 2. The van der Waals surface area contributed by atoms with E-state index in [0.29, 0.717) is 11.4 Å². The second-order valence-electron chi connectivity index (χ2n) is 4.83. The zero-order chi connectivity index (χ0) is 14.3. The lowest BCUT2D eigenvalue weighted by molar-refractivity contribution is 0.627. The van der Waals surface area contributed by atoms with Gasteiger partial charge in [-0.25, -0.2) is 9.37 Å². The molecule has 0 aliphatic carbocycles. The van der Waals surface area contributed by atoms with Crippen LogP contribution >= 0.6 is 0 Å². The predicted octanol–water partition coefficient (Wildman–Crippen LogP) is 3.56. The van der Waals surface area contributed by atoms with Gasteiger partial charge in [-0.3, -0.25) is 0 Å². The Labute approximate surface area is 115 Å². The first-order chi connectivity index (χ1) is 9.58. The van der Waals surface area contributed by atoms with Gasteiger partial charge in [-0.15, -0.1) is 0 Å². The Hall–Kier alpha value is -2.67. The fourth-order valence-corrected chi connectivity index (χ4v) is 2.38. The van der Waals surface area contributed by atoms with Crippen LogP contribution in [-0.4, -0.2) is 9.55 Å². The largest absolute Gasteiger partial charge is 0.327 e. The molecule has 20 heavy (non-hydrogen) atoms. The van der Waals surface area contributed by atoms with Gasteiger partial charge in [0.05, 0.1) is 22.7 Å². The maximum atomic E-state index is 13.5. The second kappa shape index (κ2) is 4.46. The number of aromatic nitrogens is 2. The van der Waals surface area contributed by atoms with E-state index in [9.17, 15) is 4.39 Å². The highest BCUT2D eigenvalue weighted by Gasteiger charge is 2.11. The van der Waals surface area contributed by atoms with Crippen molar-refractivity contribution in [2.45, 2.75) is 6.92 Å². The zero-order valence-electron chi connectivity index (χ0n) is 11.2. The summed E-state index contributed by atoms with van der Waals surface area (Å²) in [5.41, 5.74) is 3.83. The third-order valence-corrected chi connectivity index (χ3v) is 3.31. The van der Waals surface area contributed by atoms with Gasteiger partial charge in [0.15, 0.2) is 0 Å². The van der Waals surface area contributed by atoms with Gasteiger partial charge in [0.1, 0.15) is 11.6 Å². The lowest BCUT2D eigenvalue weighted by Gasteiger charge is -2.04. The summed E-state index contributed by atoms with van der Waals surface area (Å²) >= 11 is 0. The number of fused-ring (bicyclic) bond motifs is 1. The van der Waals surface area contributed by atoms with Crippen molar-refractivity contribution in [3.8, 4) is 17.5 Å². The van der Waals surface area contributed by atoms with E-state index in [4.69, 9.17) is 5.26 Å². The molecule has 3 nitrogen and oxygen atoms in total. The van der Waals surface area contributed by atoms with Crippen LogP contribution in [0.1, 0.15) is 11.1 Å². The average Bonchev–Trinajstić information content (AvgIpc) is 2.74. The van der Waals surface area contributed by atoms with E-state index in [1.54, 1.807) is 12.1 Å². The van der Waals surface area contributed by atoms with Gasteiger partial charge in [0, 0.05) is 12.6 Å². The number of halogens is 1. The third-order valence-electron chi connectivity index (χ3n) is 3.31. The molecule has 0 fully saturated rings. The van der Waals surface area contributed by atoms with E-state index < -0.39 is 0 Å². The molecule has 3 aromatic rings. The van der Waals surface area contributed by atoms with Crippen LogP contribution in [0.25, 0.3) is 22.4 Å². The van der Waals surface area contributed by atoms with Gasteiger partial charge in [0.25, 0.3) is 0 Å². The molecule has 0 amide bonds. The molecule has 2 aromatic carbocycles. The number of nitriles is 1. The first kappa shape index (κ1) is 12.4. The number of rotatable bonds is 1. The number of nitrogens with zero attached hydrogens (tertiary/aromatic N) is 3. The molecule has 0 spiro atoms. The van der Waals surface area contributed by atoms with Crippen molar-refractivity contribution in [2.75, 3.05) is 0 Å². The van der Waals surface area contributed by atoms with Crippen LogP contribution < -0.4 is 0 Å². The van der Waals surface area contributed by atoms with E-state index in [1.807, 2.05) is 30.7 Å². The summed E-state index contributed by atoms with van der Waals surface area (Å²) in [4.78, 5) is 4.53. The number of hydrogen-bond acceptors (Lipinski definition) is 2. The van der Waals surface area contributed by atoms with Crippen LogP contribution in [0.15, 0.2) is 36.4 Å². The molecule has 98 valence electrons. The monoisotopic (exact) mass is 265 g/mol. The topological polar surface area (TPSA) is 41.6 Å². The van der Waals surface area contributed by atoms with Crippen molar-refractivity contribution >= 4 is 11.0 Å². The van der Waals surface area contributed by atoms with Crippen molar-refractivity contribution in [2.24, 2.45) is 7.05 Å². The maximum absolute atomic E-state index is 13.5. The highest BCUT2D eigenvalue weighted by atomic mass is 19.1. The molecule has 0 radical (unpaired) electrons. The van der Waals surface area contributed by atoms with Crippen molar-refractivity contribution in [1.29, 1.82) is 5.26 Å². The molecular formula is C16H12FN3. The lowest BCUT2D eigenvalue weighted by atomic mass is 10.1. The van der Waals surface area contributed by atoms with Gasteiger partial charge in [-0.1, -0.05) is 0 Å². The van der Waals surface area contributed by atoms with Crippen LogP contribution in [0.5, 0.6) is 0 Å². The molecule has 0 aliphatic heterocycles. The molecule has 1 aromatic heterocycles. The van der Waals surface area contributed by atoms with Gasteiger partial charge in [-0.2, -0.15) is 5.26 Å². The average molecular weight is 265 g/mol. The summed E-state index contributed by atoms with van der Waals surface area (Å²) < 4.78 is 15.4. The molecule has 1 heterocycles. The second-order valence-corrected chi connectivity index (χ2v) is 4.83. The molecule has 0 atom stereocenters. The molecule has 0 aliphatic rings. The van der Waals surface area contributed by atoms with Gasteiger partial charge >= 0.3 is 0 Å². The molecule has 4 heteroatoms. The van der Waals surface area contributed by atoms with Crippen LogP contribution in [0, 0.1) is 24.1 Å². The molecule has 0 N–H and O–H groups in total. The Morgan fingerprint density at radius 1 is 1.20 bits per heavy atom. The standard InChI is InChI=1S/C16H12FN3/c1-10-5-12(8-13(17)6-10)16-19-14-4-3-11(9-18)7-15(14)20(16)2/h3-8H,1-2H3. The summed E-state index contributed by atoms with van der Waals surface area (Å²) in [5.74, 6) is 0.419. The zero-order valence-corrected chi connectivity index (χ0v) is 11.2. The summed E-state index contributed by atoms with van der Waals surface area (Å²) in [5, 5.41) is 8.96. The first-order valence-electron chi connectivity index (χ1n) is 6.22. The predicted molar refractivity (Wildman–Crippen MR) is 75.6 cm³/mol. The van der Waals surface area contributed by atoms with E-state index in [-0.39, 0.29) is 5.82 Å². The van der Waals surface area contributed by atoms with Gasteiger partial charge in [-0.05, 0) is 48.9 Å². The minimum atomic E-state index is -0.273. The Morgan fingerprint density at radius 3 is 2.70 bits per heavy atom. The molecule has 3 rings (SSSR count). The highest BCUT2D eigenvalue weighted by molar-refractivity contribution is 5.81. The quantitative estimate of drug-likeness (QED) is 0.675. The Bertz CT molecular complexity index is 836. The fraction of sp³-hybridized carbons (Fsp3) is 0.125. The Kier molecular flexibility index (Phi) is 2.76. The van der Waals surface area contributed by atoms with Crippen LogP contribution in [-0.2, 0) is 7.05 Å². The molecule has 0 saturated heterocycles. The van der Waals surface area contributed by atoms with Crippen molar-refractivity contribution in [3.05, 3.63) is 53.3 Å². The minimum absolute atomic E-state index is 0.273. The van der Waals surface area contributed by atoms with Crippen LogP contribution in [0.2, 0.25) is 0 Å². The molecular weight excluding hydrogens is 253 g/mol. The number of benzene rings is 2. The van der Waals surface area contributed by atoms with Crippen molar-refractivity contribution in [3.63, 3.8) is 0 Å². The SMILES string of the molecule is Cc1cc(F)cc(-c2nc3ccc(C#N)cc3n2C)c1. The van der Waals surface area contributed by atoms with E-state index in [2.05, 4.69) is 11.1 Å². The molecule has 0 saturated carbocycles. The van der Waals surface area contributed by atoms with Crippen LogP contribution in [0.3, 0.4) is 0 Å². The van der Waals surface area contributed by atoms with Gasteiger partial charge in [0.2, 0.25) is 0 Å². The lowest BCUT2D eigenvalue weighted by Crippen LogP contribution is -1.94. The fourth-order valence-electron chi connectivity index (χ4n) is 2.38. The van der Waals surface area contributed by atoms with Crippen LogP contribution in [0.4, 0.5) is 4.39 Å². The molecule has 0 unspecified atom stereocenters. The first-order valence-corrected chi connectivity index (χ1v) is 6.22. The normalized spacial score (nSPS) is 10.7. The maximum Gasteiger partial charge on any atom is 0.140 e. The third kappa shape index (κ3) is 1.94. The van der Waals surface area contributed by atoms with E-state index >= 15 is 0 Å². The van der Waals surface area contributed by atoms with Gasteiger partial charge < -0.3 is 4.57 Å². The molecule has 0 bridgehead atoms. The van der Waals surface area contributed by atoms with E-state index in [1.165, 1.54) is 12.1 Å². The summed E-state index contributed by atoms with van der Waals surface area (Å²) in [7, 11) is 1.87. The Morgan fingerprint density at radius 2 is 2.00 bits per heavy atom.